The molecule has 1 heterocycles. The minimum atomic E-state index is -3.18. The van der Waals surface area contributed by atoms with Crippen LogP contribution in [0.25, 0.3) is 0 Å². The molecule has 0 saturated carbocycles. The molecule has 1 fully saturated rings. The van der Waals surface area contributed by atoms with Crippen molar-refractivity contribution >= 4 is 50.8 Å². The summed E-state index contributed by atoms with van der Waals surface area (Å²) < 4.78 is 28.4. The number of nitro benzene ring substituents is 1. The van der Waals surface area contributed by atoms with Gasteiger partial charge in [-0.2, -0.15) is 0 Å². The number of amides is 1. The number of sulfone groups is 1. The predicted octanol–water partition coefficient (Wildman–Crippen LogP) is 3.20. The Bertz CT molecular complexity index is 1150. The van der Waals surface area contributed by atoms with Crippen LogP contribution in [-0.2, 0) is 19.4 Å². The first-order valence-electron chi connectivity index (χ1n) is 9.41. The number of nitrogens with zero attached hydrogens (tertiary/aromatic N) is 2. The zero-order valence-corrected chi connectivity index (χ0v) is 19.3. The van der Waals surface area contributed by atoms with Gasteiger partial charge < -0.3 is 9.64 Å². The molecule has 1 saturated heterocycles. The van der Waals surface area contributed by atoms with Crippen LogP contribution in [0.3, 0.4) is 0 Å². The first-order chi connectivity index (χ1) is 15.1. The maximum absolute atomic E-state index is 12.7. The number of esters is 1. The summed E-state index contributed by atoms with van der Waals surface area (Å²) in [7, 11) is -1.72. The van der Waals surface area contributed by atoms with Gasteiger partial charge in [0, 0.05) is 40.0 Å². The number of benzene rings is 2. The number of rotatable bonds is 7. The number of nitro groups is 1. The van der Waals surface area contributed by atoms with Crippen molar-refractivity contribution in [2.24, 2.45) is 0 Å². The minimum absolute atomic E-state index is 0.00797. The Morgan fingerprint density at radius 2 is 1.94 bits per heavy atom. The monoisotopic (exact) mass is 498 g/mol. The molecule has 0 spiro atoms. The Balaban J connectivity index is 1.73. The lowest BCUT2D eigenvalue weighted by molar-refractivity contribution is -0.384. The van der Waals surface area contributed by atoms with Crippen molar-refractivity contribution in [1.29, 1.82) is 0 Å². The summed E-state index contributed by atoms with van der Waals surface area (Å²) in [4.78, 5) is 38.0. The Morgan fingerprint density at radius 3 is 2.53 bits per heavy atom. The van der Waals surface area contributed by atoms with Crippen LogP contribution in [0, 0.1) is 10.1 Å². The number of hydrogen-bond acceptors (Lipinski definition) is 8. The number of likely N-dealkylation sites (N-methyl/N-ethyl adjacent to an activating group) is 1. The Labute approximate surface area is 193 Å². The molecule has 2 aromatic carbocycles. The van der Waals surface area contributed by atoms with E-state index in [1.165, 1.54) is 35.8 Å². The molecule has 1 unspecified atom stereocenters. The van der Waals surface area contributed by atoms with E-state index in [0.717, 1.165) is 11.0 Å². The molecule has 32 heavy (non-hydrogen) atoms. The molecule has 0 aliphatic carbocycles. The van der Waals surface area contributed by atoms with Crippen molar-refractivity contribution in [2.75, 3.05) is 25.2 Å². The van der Waals surface area contributed by atoms with E-state index < -0.39 is 39.3 Å². The first kappa shape index (κ1) is 24.0. The molecule has 0 N–H and O–H groups in total. The lowest BCUT2D eigenvalue weighted by Crippen LogP contribution is -2.40. The summed E-state index contributed by atoms with van der Waals surface area (Å²) in [6.07, 6.45) is 0.325. The molecular formula is C20H19ClN2O7S2. The standard InChI is InChI=1S/C20H19ClN2O7S2/c1-22(15-8-9-32(28,29)12-15)19(24)11-30-20(25)17-10-14(23(26)27)4-7-18(17)31-16-5-2-13(21)3-6-16/h2-7,10,15H,8-9,11-12H2,1H3. The molecule has 1 amide bonds. The molecule has 0 aromatic heterocycles. The first-order valence-corrected chi connectivity index (χ1v) is 12.4. The zero-order chi connectivity index (χ0) is 23.5. The van der Waals surface area contributed by atoms with Crippen LogP contribution in [0.15, 0.2) is 52.3 Å². The number of ether oxygens (including phenoxy) is 1. The van der Waals surface area contributed by atoms with Gasteiger partial charge in [-0.3, -0.25) is 14.9 Å². The lowest BCUT2D eigenvalue weighted by atomic mass is 10.2. The molecular weight excluding hydrogens is 480 g/mol. The summed E-state index contributed by atoms with van der Waals surface area (Å²) in [6, 6.07) is 10.1. The number of carbonyl (C=O) groups excluding carboxylic acids is 2. The van der Waals surface area contributed by atoms with Crippen LogP contribution in [0.5, 0.6) is 0 Å². The summed E-state index contributed by atoms with van der Waals surface area (Å²) in [5, 5.41) is 11.7. The van der Waals surface area contributed by atoms with Gasteiger partial charge in [0.25, 0.3) is 11.6 Å². The third-order valence-electron chi connectivity index (χ3n) is 4.91. The summed E-state index contributed by atoms with van der Waals surface area (Å²) >= 11 is 7.07. The van der Waals surface area contributed by atoms with Gasteiger partial charge in [0.05, 0.1) is 22.0 Å². The molecule has 1 atom stereocenters. The third kappa shape index (κ3) is 5.99. The van der Waals surface area contributed by atoms with Gasteiger partial charge in [-0.1, -0.05) is 23.4 Å². The molecule has 0 bridgehead atoms. The second-order valence-electron chi connectivity index (χ2n) is 7.13. The van der Waals surface area contributed by atoms with Gasteiger partial charge in [0.1, 0.15) is 0 Å². The second kappa shape index (κ2) is 9.88. The number of carbonyl (C=O) groups is 2. The molecule has 170 valence electrons. The normalized spacial score (nSPS) is 17.0. The number of hydrogen-bond donors (Lipinski definition) is 0. The van der Waals surface area contributed by atoms with Crippen molar-refractivity contribution in [3.05, 3.63) is 63.2 Å². The molecule has 0 radical (unpaired) electrons. The summed E-state index contributed by atoms with van der Waals surface area (Å²) in [6.45, 7) is -0.611. The van der Waals surface area contributed by atoms with E-state index in [1.54, 1.807) is 24.3 Å². The van der Waals surface area contributed by atoms with Gasteiger partial charge in [0.15, 0.2) is 16.4 Å². The average Bonchev–Trinajstić information content (AvgIpc) is 3.12. The van der Waals surface area contributed by atoms with Crippen molar-refractivity contribution in [3.8, 4) is 0 Å². The second-order valence-corrected chi connectivity index (χ2v) is 10.9. The Morgan fingerprint density at radius 1 is 1.25 bits per heavy atom. The van der Waals surface area contributed by atoms with E-state index in [-0.39, 0.29) is 22.8 Å². The maximum atomic E-state index is 12.7. The number of halogens is 1. The van der Waals surface area contributed by atoms with Crippen molar-refractivity contribution < 1.29 is 27.7 Å². The van der Waals surface area contributed by atoms with Gasteiger partial charge in [0.2, 0.25) is 0 Å². The average molecular weight is 499 g/mol. The fourth-order valence-corrected chi connectivity index (χ4v) is 5.92. The van der Waals surface area contributed by atoms with E-state index in [1.807, 2.05) is 0 Å². The van der Waals surface area contributed by atoms with Crippen LogP contribution >= 0.6 is 23.4 Å². The van der Waals surface area contributed by atoms with E-state index in [4.69, 9.17) is 16.3 Å². The molecule has 1 aliphatic rings. The third-order valence-corrected chi connectivity index (χ3v) is 8.00. The topological polar surface area (TPSA) is 124 Å². The summed E-state index contributed by atoms with van der Waals surface area (Å²) in [5.74, 6) is -1.58. The molecule has 9 nitrogen and oxygen atoms in total. The van der Waals surface area contributed by atoms with Crippen LogP contribution in [0.2, 0.25) is 5.02 Å². The van der Waals surface area contributed by atoms with Gasteiger partial charge >= 0.3 is 5.97 Å². The van der Waals surface area contributed by atoms with Crippen LogP contribution < -0.4 is 0 Å². The molecule has 12 heteroatoms. The molecule has 2 aromatic rings. The molecule has 1 aliphatic heterocycles. The Kier molecular flexibility index (Phi) is 7.42. The maximum Gasteiger partial charge on any atom is 0.340 e. The largest absolute Gasteiger partial charge is 0.452 e. The van der Waals surface area contributed by atoms with E-state index >= 15 is 0 Å². The van der Waals surface area contributed by atoms with Crippen LogP contribution in [-0.4, -0.2) is 61.3 Å². The predicted molar refractivity (Wildman–Crippen MR) is 119 cm³/mol. The highest BCUT2D eigenvalue weighted by Crippen LogP contribution is 2.33. The van der Waals surface area contributed by atoms with E-state index in [0.29, 0.717) is 16.3 Å². The minimum Gasteiger partial charge on any atom is -0.452 e. The number of non-ortho nitro benzene ring substituents is 1. The van der Waals surface area contributed by atoms with Crippen LogP contribution in [0.4, 0.5) is 5.69 Å². The lowest BCUT2D eigenvalue weighted by Gasteiger charge is -2.23. The highest BCUT2D eigenvalue weighted by Gasteiger charge is 2.33. The van der Waals surface area contributed by atoms with Crippen molar-refractivity contribution in [1.82, 2.24) is 4.90 Å². The SMILES string of the molecule is CN(C(=O)COC(=O)c1cc([N+](=O)[O-])ccc1Sc1ccc(Cl)cc1)C1CCS(=O)(=O)C1. The highest BCUT2D eigenvalue weighted by molar-refractivity contribution is 7.99. The Hall–Kier alpha value is -2.63. The van der Waals surface area contributed by atoms with Crippen molar-refractivity contribution in [2.45, 2.75) is 22.3 Å². The van der Waals surface area contributed by atoms with E-state index in [2.05, 4.69) is 0 Å². The van der Waals surface area contributed by atoms with Gasteiger partial charge in [-0.05, 0) is 36.8 Å². The fraction of sp³-hybridized carbons (Fsp3) is 0.300. The van der Waals surface area contributed by atoms with Gasteiger partial charge in [-0.15, -0.1) is 0 Å². The van der Waals surface area contributed by atoms with Crippen molar-refractivity contribution in [3.63, 3.8) is 0 Å². The summed E-state index contributed by atoms with van der Waals surface area (Å²) in [5.41, 5.74) is -0.352. The smallest absolute Gasteiger partial charge is 0.340 e. The van der Waals surface area contributed by atoms with Crippen LogP contribution in [0.1, 0.15) is 16.8 Å². The fourth-order valence-electron chi connectivity index (χ4n) is 3.10. The zero-order valence-electron chi connectivity index (χ0n) is 16.9. The van der Waals surface area contributed by atoms with Gasteiger partial charge in [-0.25, -0.2) is 13.2 Å². The highest BCUT2D eigenvalue weighted by atomic mass is 35.5. The quantitative estimate of drug-likeness (QED) is 0.324. The molecule has 3 rings (SSSR count). The van der Waals surface area contributed by atoms with E-state index in [9.17, 15) is 28.1 Å².